The van der Waals surface area contributed by atoms with Crippen LogP contribution in [0.25, 0.3) is 27.8 Å². The topological polar surface area (TPSA) is 59.8 Å². The Morgan fingerprint density at radius 1 is 1.08 bits per heavy atom. The molecule has 0 fully saturated rings. The molecule has 0 unspecified atom stereocenters. The van der Waals surface area contributed by atoms with E-state index >= 15 is 0 Å². The van der Waals surface area contributed by atoms with Crippen LogP contribution in [0.15, 0.2) is 67.1 Å². The number of amides is 1. The number of hydrogen-bond donors (Lipinski definition) is 1. The first-order valence-corrected chi connectivity index (χ1v) is 8.46. The molecular weight excluding hydrogens is 348 g/mol. The Morgan fingerprint density at radius 3 is 2.65 bits per heavy atom. The third-order valence-electron chi connectivity index (χ3n) is 4.07. The highest BCUT2D eigenvalue weighted by molar-refractivity contribution is 6.35. The molecule has 0 saturated heterocycles. The van der Waals surface area contributed by atoms with Crippen molar-refractivity contribution in [3.63, 3.8) is 0 Å². The number of fused-ring (bicyclic) bond motifs is 1. The maximum absolute atomic E-state index is 11.4. The molecule has 128 valence electrons. The highest BCUT2D eigenvalue weighted by Crippen LogP contribution is 2.35. The van der Waals surface area contributed by atoms with E-state index in [4.69, 9.17) is 11.6 Å². The van der Waals surface area contributed by atoms with Crippen molar-refractivity contribution in [1.82, 2.24) is 14.5 Å². The summed E-state index contributed by atoms with van der Waals surface area (Å²) in [5.74, 6) is -0.116. The van der Waals surface area contributed by atoms with Crippen LogP contribution < -0.4 is 5.32 Å². The molecule has 2 aromatic carbocycles. The number of benzene rings is 2. The zero-order valence-electron chi connectivity index (χ0n) is 14.0. The van der Waals surface area contributed by atoms with Crippen LogP contribution in [-0.2, 0) is 4.79 Å². The molecule has 5 nitrogen and oxygen atoms in total. The molecule has 0 aliphatic carbocycles. The summed E-state index contributed by atoms with van der Waals surface area (Å²) in [5, 5.41) is 3.98. The number of halogens is 1. The van der Waals surface area contributed by atoms with E-state index in [0.717, 1.165) is 33.5 Å². The first-order valence-electron chi connectivity index (χ1n) is 8.08. The van der Waals surface area contributed by atoms with Crippen LogP contribution in [-0.4, -0.2) is 20.4 Å². The fraction of sp³-hybridized carbons (Fsp3) is 0.0500. The molecular formula is C20H15ClN4O. The zero-order chi connectivity index (χ0) is 18.1. The first-order chi connectivity index (χ1) is 12.6. The van der Waals surface area contributed by atoms with Crippen molar-refractivity contribution in [2.24, 2.45) is 0 Å². The highest BCUT2D eigenvalue weighted by atomic mass is 35.5. The standard InChI is InChI=1S/C20H15ClN4O/c1-13(26)24-15-7-5-6-14(10-15)17-11-25(16-8-3-2-4-9-16)20-18(17)19(21)22-12-23-20/h2-12H,1H3,(H,24,26). The first kappa shape index (κ1) is 16.3. The molecule has 0 aliphatic heterocycles. The van der Waals surface area contributed by atoms with E-state index in [0.29, 0.717) is 5.15 Å². The second-order valence-corrected chi connectivity index (χ2v) is 6.23. The minimum absolute atomic E-state index is 0.116. The van der Waals surface area contributed by atoms with E-state index in [1.807, 2.05) is 65.4 Å². The molecule has 0 aliphatic rings. The minimum atomic E-state index is -0.116. The summed E-state index contributed by atoms with van der Waals surface area (Å²) in [6.07, 6.45) is 3.45. The molecule has 0 saturated carbocycles. The van der Waals surface area contributed by atoms with Crippen molar-refractivity contribution in [1.29, 1.82) is 0 Å². The SMILES string of the molecule is CC(=O)Nc1cccc(-c2cn(-c3ccccc3)c3ncnc(Cl)c23)c1. The van der Waals surface area contributed by atoms with E-state index in [1.165, 1.54) is 13.3 Å². The van der Waals surface area contributed by atoms with Crippen molar-refractivity contribution in [3.8, 4) is 16.8 Å². The predicted octanol–water partition coefficient (Wildman–Crippen LogP) is 4.70. The lowest BCUT2D eigenvalue weighted by Gasteiger charge is -2.05. The Labute approximate surface area is 155 Å². The van der Waals surface area contributed by atoms with E-state index in [9.17, 15) is 4.79 Å². The fourth-order valence-corrected chi connectivity index (χ4v) is 3.23. The minimum Gasteiger partial charge on any atom is -0.326 e. The van der Waals surface area contributed by atoms with Gasteiger partial charge in [-0.1, -0.05) is 41.9 Å². The van der Waals surface area contributed by atoms with Gasteiger partial charge in [0.15, 0.2) is 0 Å². The number of rotatable bonds is 3. The van der Waals surface area contributed by atoms with Crippen LogP contribution in [0, 0.1) is 0 Å². The maximum Gasteiger partial charge on any atom is 0.221 e. The Morgan fingerprint density at radius 2 is 1.88 bits per heavy atom. The number of para-hydroxylation sites is 1. The summed E-state index contributed by atoms with van der Waals surface area (Å²) >= 11 is 6.40. The average Bonchev–Trinajstić information content (AvgIpc) is 3.03. The van der Waals surface area contributed by atoms with Gasteiger partial charge in [-0.2, -0.15) is 0 Å². The molecule has 1 amide bonds. The third kappa shape index (κ3) is 2.93. The van der Waals surface area contributed by atoms with Gasteiger partial charge in [0.05, 0.1) is 5.39 Å². The lowest BCUT2D eigenvalue weighted by atomic mass is 10.1. The second kappa shape index (κ2) is 6.61. The molecule has 4 aromatic rings. The number of carbonyl (C=O) groups is 1. The van der Waals surface area contributed by atoms with Gasteiger partial charge in [-0.25, -0.2) is 9.97 Å². The van der Waals surface area contributed by atoms with E-state index in [2.05, 4.69) is 15.3 Å². The van der Waals surface area contributed by atoms with Gasteiger partial charge in [-0.3, -0.25) is 4.79 Å². The number of nitrogens with zero attached hydrogens (tertiary/aromatic N) is 3. The van der Waals surface area contributed by atoms with Crippen molar-refractivity contribution < 1.29 is 4.79 Å². The van der Waals surface area contributed by atoms with E-state index < -0.39 is 0 Å². The monoisotopic (exact) mass is 362 g/mol. The number of carbonyl (C=O) groups excluding carboxylic acids is 1. The molecule has 0 radical (unpaired) electrons. The summed E-state index contributed by atoms with van der Waals surface area (Å²) in [4.78, 5) is 19.9. The van der Waals surface area contributed by atoms with Gasteiger partial charge >= 0.3 is 0 Å². The van der Waals surface area contributed by atoms with Crippen LogP contribution in [0.3, 0.4) is 0 Å². The number of hydrogen-bond acceptors (Lipinski definition) is 3. The van der Waals surface area contributed by atoms with E-state index in [-0.39, 0.29) is 5.91 Å². The van der Waals surface area contributed by atoms with E-state index in [1.54, 1.807) is 0 Å². The van der Waals surface area contributed by atoms with Crippen LogP contribution in [0.5, 0.6) is 0 Å². The molecule has 0 atom stereocenters. The third-order valence-corrected chi connectivity index (χ3v) is 4.35. The Bertz CT molecular complexity index is 1110. The quantitative estimate of drug-likeness (QED) is 0.537. The largest absolute Gasteiger partial charge is 0.326 e. The Hall–Kier alpha value is -3.18. The van der Waals surface area contributed by atoms with Crippen molar-refractivity contribution in [2.45, 2.75) is 6.92 Å². The summed E-state index contributed by atoms with van der Waals surface area (Å²) in [6.45, 7) is 1.48. The molecule has 6 heteroatoms. The van der Waals surface area contributed by atoms with Gasteiger partial charge in [0.25, 0.3) is 0 Å². The summed E-state index contributed by atoms with van der Waals surface area (Å²) < 4.78 is 1.99. The van der Waals surface area contributed by atoms with Gasteiger partial charge in [0.2, 0.25) is 5.91 Å². The van der Waals surface area contributed by atoms with Crippen LogP contribution in [0.1, 0.15) is 6.92 Å². The lowest BCUT2D eigenvalue weighted by Crippen LogP contribution is -2.05. The van der Waals surface area contributed by atoms with Crippen molar-refractivity contribution in [3.05, 3.63) is 72.3 Å². The predicted molar refractivity (Wildman–Crippen MR) is 104 cm³/mol. The number of nitrogens with one attached hydrogen (secondary N) is 1. The molecule has 2 heterocycles. The Kier molecular flexibility index (Phi) is 4.14. The number of aromatic nitrogens is 3. The molecule has 0 spiro atoms. The average molecular weight is 363 g/mol. The van der Waals surface area contributed by atoms with Gasteiger partial charge in [0.1, 0.15) is 17.1 Å². The van der Waals surface area contributed by atoms with Gasteiger partial charge in [-0.05, 0) is 29.8 Å². The summed E-state index contributed by atoms with van der Waals surface area (Å²) in [7, 11) is 0. The second-order valence-electron chi connectivity index (χ2n) is 5.87. The van der Waals surface area contributed by atoms with Crippen molar-refractivity contribution in [2.75, 3.05) is 5.32 Å². The normalized spacial score (nSPS) is 10.8. The Balaban J connectivity index is 1.95. The van der Waals surface area contributed by atoms with Crippen LogP contribution in [0.2, 0.25) is 5.15 Å². The summed E-state index contributed by atoms with van der Waals surface area (Å²) in [6, 6.07) is 17.5. The maximum atomic E-state index is 11.4. The van der Waals surface area contributed by atoms with Crippen LogP contribution >= 0.6 is 11.6 Å². The lowest BCUT2D eigenvalue weighted by molar-refractivity contribution is -0.114. The van der Waals surface area contributed by atoms with Gasteiger partial charge in [-0.15, -0.1) is 0 Å². The molecule has 26 heavy (non-hydrogen) atoms. The zero-order valence-corrected chi connectivity index (χ0v) is 14.7. The smallest absolute Gasteiger partial charge is 0.221 e. The van der Waals surface area contributed by atoms with Crippen molar-refractivity contribution >= 4 is 34.2 Å². The molecule has 0 bridgehead atoms. The van der Waals surface area contributed by atoms with Crippen LogP contribution in [0.4, 0.5) is 5.69 Å². The summed E-state index contributed by atoms with van der Waals surface area (Å²) in [5.41, 5.74) is 4.27. The fourth-order valence-electron chi connectivity index (χ4n) is 3.00. The molecule has 1 N–H and O–H groups in total. The number of anilines is 1. The van der Waals surface area contributed by atoms with Gasteiger partial charge in [0, 0.05) is 30.1 Å². The van der Waals surface area contributed by atoms with Gasteiger partial charge < -0.3 is 9.88 Å². The molecule has 4 rings (SSSR count). The highest BCUT2D eigenvalue weighted by Gasteiger charge is 2.16. The molecule has 2 aromatic heterocycles.